The van der Waals surface area contributed by atoms with E-state index in [4.69, 9.17) is 0 Å². The van der Waals surface area contributed by atoms with E-state index in [2.05, 4.69) is 12.1 Å². The number of carbonyl (C=O) groups is 2. The van der Waals surface area contributed by atoms with Crippen LogP contribution in [0.2, 0.25) is 0 Å². The summed E-state index contributed by atoms with van der Waals surface area (Å²) in [5, 5.41) is 3.04. The Balaban J connectivity index is 1.58. The number of para-hydroxylation sites is 2. The Kier molecular flexibility index (Phi) is 5.20. The number of benzene rings is 3. The van der Waals surface area contributed by atoms with Gasteiger partial charge in [0.05, 0.1) is 11.4 Å². The molecule has 1 aliphatic heterocycles. The maximum absolute atomic E-state index is 13.2. The van der Waals surface area contributed by atoms with Gasteiger partial charge < -0.3 is 0 Å². The van der Waals surface area contributed by atoms with Crippen molar-refractivity contribution in [3.8, 4) is 0 Å². The van der Waals surface area contributed by atoms with Crippen LogP contribution in [0, 0.1) is 5.92 Å². The molecule has 0 N–H and O–H groups in total. The molecular formula is C24H22N2O2. The molecular weight excluding hydrogens is 348 g/mol. The molecule has 28 heavy (non-hydrogen) atoms. The van der Waals surface area contributed by atoms with Crippen LogP contribution < -0.4 is 10.0 Å². The second kappa shape index (κ2) is 8.09. The summed E-state index contributed by atoms with van der Waals surface area (Å²) in [6.45, 7) is 0. The van der Waals surface area contributed by atoms with Gasteiger partial charge in [-0.25, -0.2) is 10.0 Å². The van der Waals surface area contributed by atoms with E-state index in [0.717, 1.165) is 12.8 Å². The molecule has 0 atom stereocenters. The lowest BCUT2D eigenvalue weighted by molar-refractivity contribution is -0.127. The number of hydrogen-bond donors (Lipinski definition) is 0. The number of amides is 2. The zero-order valence-corrected chi connectivity index (χ0v) is 15.6. The summed E-state index contributed by atoms with van der Waals surface area (Å²) >= 11 is 0. The Hall–Kier alpha value is -3.40. The molecule has 0 unspecified atom stereocenters. The average Bonchev–Trinajstić information content (AvgIpc) is 3.00. The molecule has 140 valence electrons. The average molecular weight is 370 g/mol. The van der Waals surface area contributed by atoms with Gasteiger partial charge in [-0.1, -0.05) is 66.7 Å². The van der Waals surface area contributed by atoms with Crippen LogP contribution in [0.4, 0.5) is 11.4 Å². The van der Waals surface area contributed by atoms with Crippen molar-refractivity contribution in [2.75, 3.05) is 10.0 Å². The van der Waals surface area contributed by atoms with Crippen LogP contribution in [0.15, 0.2) is 91.0 Å². The van der Waals surface area contributed by atoms with Gasteiger partial charge in [0, 0.05) is 0 Å². The predicted molar refractivity (Wildman–Crippen MR) is 111 cm³/mol. The van der Waals surface area contributed by atoms with Crippen molar-refractivity contribution in [3.05, 3.63) is 96.6 Å². The fraction of sp³-hybridized carbons (Fsp3) is 0.167. The van der Waals surface area contributed by atoms with Crippen molar-refractivity contribution < 1.29 is 9.59 Å². The van der Waals surface area contributed by atoms with Crippen LogP contribution in [0.25, 0.3) is 0 Å². The zero-order valence-electron chi connectivity index (χ0n) is 15.6. The molecule has 0 radical (unpaired) electrons. The lowest BCUT2D eigenvalue weighted by atomic mass is 9.99. The van der Waals surface area contributed by atoms with E-state index in [0.29, 0.717) is 17.8 Å². The van der Waals surface area contributed by atoms with Gasteiger partial charge in [0.25, 0.3) is 11.8 Å². The van der Waals surface area contributed by atoms with E-state index in [1.807, 2.05) is 78.9 Å². The monoisotopic (exact) mass is 370 g/mol. The van der Waals surface area contributed by atoms with E-state index < -0.39 is 5.92 Å². The fourth-order valence-corrected chi connectivity index (χ4v) is 3.62. The first-order chi connectivity index (χ1) is 13.8. The summed E-state index contributed by atoms with van der Waals surface area (Å²) in [6, 6.07) is 28.9. The van der Waals surface area contributed by atoms with E-state index in [1.165, 1.54) is 15.6 Å². The van der Waals surface area contributed by atoms with E-state index in [9.17, 15) is 9.59 Å². The number of rotatable bonds is 6. The van der Waals surface area contributed by atoms with Crippen LogP contribution in [0.5, 0.6) is 0 Å². The van der Waals surface area contributed by atoms with Gasteiger partial charge in [-0.3, -0.25) is 9.59 Å². The van der Waals surface area contributed by atoms with Crippen molar-refractivity contribution in [3.63, 3.8) is 0 Å². The largest absolute Gasteiger partial charge is 0.272 e. The smallest absolute Gasteiger partial charge is 0.258 e. The Bertz CT molecular complexity index is 885. The van der Waals surface area contributed by atoms with Gasteiger partial charge in [-0.15, -0.1) is 0 Å². The lowest BCUT2D eigenvalue weighted by Crippen LogP contribution is -2.41. The second-order valence-corrected chi connectivity index (χ2v) is 6.90. The van der Waals surface area contributed by atoms with Crippen LogP contribution in [-0.4, -0.2) is 11.8 Å². The highest BCUT2D eigenvalue weighted by molar-refractivity contribution is 6.22. The first-order valence-electron chi connectivity index (χ1n) is 9.57. The minimum Gasteiger partial charge on any atom is -0.272 e. The van der Waals surface area contributed by atoms with Crippen LogP contribution in [0.1, 0.15) is 18.4 Å². The quantitative estimate of drug-likeness (QED) is 0.594. The minimum atomic E-state index is -0.649. The molecule has 2 amide bonds. The molecule has 0 saturated carbocycles. The molecule has 3 aromatic carbocycles. The van der Waals surface area contributed by atoms with Crippen molar-refractivity contribution in [2.24, 2.45) is 5.92 Å². The van der Waals surface area contributed by atoms with E-state index >= 15 is 0 Å². The molecule has 1 fully saturated rings. The highest BCUT2D eigenvalue weighted by atomic mass is 16.2. The summed E-state index contributed by atoms with van der Waals surface area (Å²) in [4.78, 5) is 26.4. The highest BCUT2D eigenvalue weighted by Gasteiger charge is 2.46. The molecule has 1 saturated heterocycles. The summed E-state index contributed by atoms with van der Waals surface area (Å²) in [7, 11) is 0. The number of anilines is 2. The Morgan fingerprint density at radius 1 is 0.607 bits per heavy atom. The van der Waals surface area contributed by atoms with Gasteiger partial charge in [-0.2, -0.15) is 0 Å². The summed E-state index contributed by atoms with van der Waals surface area (Å²) < 4.78 is 0. The number of nitrogens with zero attached hydrogens (tertiary/aromatic N) is 2. The molecule has 0 spiro atoms. The van der Waals surface area contributed by atoms with Gasteiger partial charge in [0.15, 0.2) is 0 Å². The zero-order chi connectivity index (χ0) is 19.3. The molecule has 4 rings (SSSR count). The first kappa shape index (κ1) is 18.0. The lowest BCUT2D eigenvalue weighted by Gasteiger charge is -2.27. The number of hydrogen-bond acceptors (Lipinski definition) is 2. The Morgan fingerprint density at radius 2 is 1.04 bits per heavy atom. The van der Waals surface area contributed by atoms with Crippen LogP contribution in [-0.2, 0) is 16.0 Å². The maximum atomic E-state index is 13.2. The molecule has 0 aromatic heterocycles. The third kappa shape index (κ3) is 3.54. The fourth-order valence-electron chi connectivity index (χ4n) is 3.62. The SMILES string of the molecule is O=C1C(CCCc2ccccc2)C(=O)N(c2ccccc2)N1c1ccccc1. The third-order valence-electron chi connectivity index (χ3n) is 5.02. The minimum absolute atomic E-state index is 0.159. The highest BCUT2D eigenvalue weighted by Crippen LogP contribution is 2.33. The van der Waals surface area contributed by atoms with E-state index in [1.54, 1.807) is 0 Å². The molecule has 1 heterocycles. The van der Waals surface area contributed by atoms with Crippen molar-refractivity contribution in [1.82, 2.24) is 0 Å². The first-order valence-corrected chi connectivity index (χ1v) is 9.57. The van der Waals surface area contributed by atoms with Crippen LogP contribution in [0.3, 0.4) is 0 Å². The number of carbonyl (C=O) groups excluding carboxylic acids is 2. The van der Waals surface area contributed by atoms with Gasteiger partial charge >= 0.3 is 0 Å². The normalized spacial score (nSPS) is 14.7. The Labute approximate surface area is 165 Å². The Morgan fingerprint density at radius 3 is 1.50 bits per heavy atom. The van der Waals surface area contributed by atoms with E-state index in [-0.39, 0.29) is 11.8 Å². The summed E-state index contributed by atoms with van der Waals surface area (Å²) in [5.74, 6) is -0.967. The standard InChI is InChI=1S/C24H22N2O2/c27-23-22(18-10-13-19-11-4-1-5-12-19)24(28)26(21-16-8-3-9-17-21)25(23)20-14-6-2-7-15-20/h1-9,11-12,14-17,22H,10,13,18H2. The molecule has 3 aromatic rings. The molecule has 4 heteroatoms. The second-order valence-electron chi connectivity index (χ2n) is 6.90. The van der Waals surface area contributed by atoms with Crippen molar-refractivity contribution >= 4 is 23.2 Å². The van der Waals surface area contributed by atoms with Crippen LogP contribution >= 0.6 is 0 Å². The van der Waals surface area contributed by atoms with Crippen molar-refractivity contribution in [1.29, 1.82) is 0 Å². The molecule has 0 aliphatic carbocycles. The van der Waals surface area contributed by atoms with Gasteiger partial charge in [0.1, 0.15) is 5.92 Å². The molecule has 1 aliphatic rings. The maximum Gasteiger partial charge on any atom is 0.258 e. The van der Waals surface area contributed by atoms with Gasteiger partial charge in [0.2, 0.25) is 0 Å². The molecule has 4 nitrogen and oxygen atoms in total. The number of aryl methyl sites for hydroxylation is 1. The van der Waals surface area contributed by atoms with Crippen molar-refractivity contribution in [2.45, 2.75) is 19.3 Å². The topological polar surface area (TPSA) is 40.6 Å². The summed E-state index contributed by atoms with van der Waals surface area (Å²) in [6.07, 6.45) is 2.19. The predicted octanol–water partition coefficient (Wildman–Crippen LogP) is 4.62. The third-order valence-corrected chi connectivity index (χ3v) is 5.02. The summed E-state index contributed by atoms with van der Waals surface area (Å²) in [5.41, 5.74) is 2.63. The number of hydrazine groups is 1. The van der Waals surface area contributed by atoms with Gasteiger partial charge in [-0.05, 0) is 49.1 Å². The molecule has 0 bridgehead atoms.